The van der Waals surface area contributed by atoms with E-state index >= 15 is 0 Å². The van der Waals surface area contributed by atoms with Gasteiger partial charge in [-0.1, -0.05) is 13.8 Å². The van der Waals surface area contributed by atoms with Crippen molar-refractivity contribution >= 4 is 5.97 Å². The Morgan fingerprint density at radius 1 is 1.12 bits per heavy atom. The lowest BCUT2D eigenvalue weighted by molar-refractivity contribution is -0.138. The average Bonchev–Trinajstić information content (AvgIpc) is 1.99. The third kappa shape index (κ3) is 10.2. The van der Waals surface area contributed by atoms with Crippen molar-refractivity contribution < 1.29 is 20.1 Å². The molecule has 0 aliphatic heterocycles. The monoisotopic (exact) mass is 249 g/mol. The Kier molecular flexibility index (Phi) is 7.63. The van der Waals surface area contributed by atoms with E-state index in [1.165, 1.54) is 0 Å². The lowest BCUT2D eigenvalue weighted by Gasteiger charge is -2.31. The van der Waals surface area contributed by atoms with Crippen LogP contribution in [0.25, 0.3) is 0 Å². The van der Waals surface area contributed by atoms with Gasteiger partial charge in [0, 0.05) is 0 Å². The summed E-state index contributed by atoms with van der Waals surface area (Å²) in [6, 6.07) is -0.690. The summed E-state index contributed by atoms with van der Waals surface area (Å²) in [5.74, 6) is -0.556. The molecule has 104 valence electrons. The molecule has 1 unspecified atom stereocenters. The van der Waals surface area contributed by atoms with Crippen LogP contribution >= 0.6 is 0 Å². The molecule has 1 atom stereocenters. The molecule has 5 N–H and O–H groups in total. The van der Waals surface area contributed by atoms with Gasteiger partial charge < -0.3 is 21.1 Å². The van der Waals surface area contributed by atoms with Crippen LogP contribution < -0.4 is 5.73 Å². The van der Waals surface area contributed by atoms with Crippen molar-refractivity contribution in [1.82, 2.24) is 0 Å². The molecular weight excluding hydrogens is 222 g/mol. The molecule has 5 heteroatoms. The van der Waals surface area contributed by atoms with E-state index in [4.69, 9.17) is 21.1 Å². The number of carboxylic acids is 1. The highest BCUT2D eigenvalue weighted by Crippen LogP contribution is 2.19. The van der Waals surface area contributed by atoms with E-state index in [9.17, 15) is 4.79 Å². The van der Waals surface area contributed by atoms with Gasteiger partial charge in [-0.25, -0.2) is 0 Å². The molecule has 0 fully saturated rings. The fraction of sp³-hybridized carbons (Fsp3) is 0.917. The molecule has 0 saturated carbocycles. The van der Waals surface area contributed by atoms with Gasteiger partial charge in [0.15, 0.2) is 0 Å². The summed E-state index contributed by atoms with van der Waals surface area (Å²) in [7, 11) is 0. The van der Waals surface area contributed by atoms with Gasteiger partial charge in [0.05, 0.1) is 11.2 Å². The van der Waals surface area contributed by atoms with E-state index in [-0.39, 0.29) is 0 Å². The second-order valence-corrected chi connectivity index (χ2v) is 5.69. The van der Waals surface area contributed by atoms with Crippen LogP contribution in [0.4, 0.5) is 0 Å². The number of hydrogen-bond acceptors (Lipinski definition) is 4. The van der Waals surface area contributed by atoms with Gasteiger partial charge in [-0.2, -0.15) is 0 Å². The highest BCUT2D eigenvalue weighted by molar-refractivity contribution is 5.72. The van der Waals surface area contributed by atoms with Crippen molar-refractivity contribution in [3.8, 4) is 0 Å². The van der Waals surface area contributed by atoms with Gasteiger partial charge in [-0.05, 0) is 40.0 Å². The lowest BCUT2D eigenvalue weighted by Crippen LogP contribution is -2.44. The van der Waals surface area contributed by atoms with Gasteiger partial charge in [0.1, 0.15) is 6.04 Å². The Balaban J connectivity index is 0. The third-order valence-corrected chi connectivity index (χ3v) is 2.54. The number of aliphatic carboxylic acids is 1. The molecule has 0 aromatic carbocycles. The first kappa shape index (κ1) is 18.7. The van der Waals surface area contributed by atoms with Crippen LogP contribution in [0, 0.1) is 5.92 Å². The molecule has 0 rings (SSSR count). The van der Waals surface area contributed by atoms with Gasteiger partial charge >= 0.3 is 5.97 Å². The molecule has 0 aromatic heterocycles. The standard InChI is InChI=1S/C6H13NO2.C6H14O2/c1-4(2)3-5(7)6(8)9;1-5(2,7)6(3,4)8/h4-5H,3,7H2,1-2H3,(H,8,9);7-8H,1-4H3. The van der Waals surface area contributed by atoms with Crippen LogP contribution in [0.5, 0.6) is 0 Å². The second-order valence-electron chi connectivity index (χ2n) is 5.69. The molecule has 0 bridgehead atoms. The van der Waals surface area contributed by atoms with E-state index in [0.717, 1.165) is 0 Å². The molecule has 0 heterocycles. The van der Waals surface area contributed by atoms with Crippen molar-refractivity contribution in [3.63, 3.8) is 0 Å². The number of nitrogens with two attached hydrogens (primary N) is 1. The maximum atomic E-state index is 10.1. The van der Waals surface area contributed by atoms with Crippen LogP contribution in [-0.4, -0.2) is 38.5 Å². The summed E-state index contributed by atoms with van der Waals surface area (Å²) < 4.78 is 0. The molecule has 5 nitrogen and oxygen atoms in total. The molecule has 0 radical (unpaired) electrons. The Morgan fingerprint density at radius 3 is 1.47 bits per heavy atom. The molecule has 0 aromatic rings. The smallest absolute Gasteiger partial charge is 0.320 e. The SMILES string of the molecule is CC(C)(O)C(C)(C)O.CC(C)CC(N)C(=O)O. The van der Waals surface area contributed by atoms with E-state index in [1.807, 2.05) is 13.8 Å². The van der Waals surface area contributed by atoms with E-state index < -0.39 is 23.2 Å². The predicted molar refractivity (Wildman–Crippen MR) is 67.7 cm³/mol. The third-order valence-electron chi connectivity index (χ3n) is 2.54. The average molecular weight is 249 g/mol. The topological polar surface area (TPSA) is 104 Å². The summed E-state index contributed by atoms with van der Waals surface area (Å²) in [5, 5.41) is 26.5. The van der Waals surface area contributed by atoms with Crippen molar-refractivity contribution in [2.24, 2.45) is 11.7 Å². The van der Waals surface area contributed by atoms with Gasteiger partial charge in [0.25, 0.3) is 0 Å². The largest absolute Gasteiger partial charge is 0.480 e. The molecule has 0 aliphatic rings. The van der Waals surface area contributed by atoms with Crippen LogP contribution in [0.1, 0.15) is 48.0 Å². The van der Waals surface area contributed by atoms with E-state index in [1.54, 1.807) is 27.7 Å². The normalized spacial score (nSPS) is 14.0. The van der Waals surface area contributed by atoms with Crippen molar-refractivity contribution in [1.29, 1.82) is 0 Å². The van der Waals surface area contributed by atoms with Crippen molar-refractivity contribution in [2.45, 2.75) is 65.2 Å². The molecule has 0 saturated heterocycles. The minimum atomic E-state index is -1.01. The number of aliphatic hydroxyl groups is 2. The minimum absolute atomic E-state index is 0.357. The van der Waals surface area contributed by atoms with E-state index in [0.29, 0.717) is 12.3 Å². The van der Waals surface area contributed by atoms with Gasteiger partial charge in [0.2, 0.25) is 0 Å². The quantitative estimate of drug-likeness (QED) is 0.594. The maximum absolute atomic E-state index is 10.1. The zero-order valence-corrected chi connectivity index (χ0v) is 11.7. The number of hydrogen-bond donors (Lipinski definition) is 4. The Bertz CT molecular complexity index is 214. The zero-order valence-electron chi connectivity index (χ0n) is 11.7. The maximum Gasteiger partial charge on any atom is 0.320 e. The predicted octanol–water partition coefficient (Wildman–Crippen LogP) is 0.973. The first-order valence-corrected chi connectivity index (χ1v) is 5.72. The highest BCUT2D eigenvalue weighted by atomic mass is 16.4. The van der Waals surface area contributed by atoms with E-state index in [2.05, 4.69) is 0 Å². The Labute approximate surface area is 104 Å². The first-order chi connectivity index (χ1) is 7.29. The van der Waals surface area contributed by atoms with Gasteiger partial charge in [-0.15, -0.1) is 0 Å². The minimum Gasteiger partial charge on any atom is -0.480 e. The number of carboxylic acid groups (broad SMARTS) is 1. The molecule has 17 heavy (non-hydrogen) atoms. The molecular formula is C12H27NO4. The van der Waals surface area contributed by atoms with Crippen LogP contribution in [0.3, 0.4) is 0 Å². The lowest BCUT2D eigenvalue weighted by atomic mass is 9.90. The fourth-order valence-corrected chi connectivity index (χ4v) is 0.609. The number of carbonyl (C=O) groups is 1. The van der Waals surface area contributed by atoms with Crippen LogP contribution in [0.2, 0.25) is 0 Å². The second kappa shape index (κ2) is 6.93. The molecule has 0 amide bonds. The Morgan fingerprint density at radius 2 is 1.41 bits per heavy atom. The molecule has 0 spiro atoms. The Hall–Kier alpha value is -0.650. The molecule has 0 aliphatic carbocycles. The zero-order chi connectivity index (χ0) is 14.4. The summed E-state index contributed by atoms with van der Waals surface area (Å²) in [6.45, 7) is 10.2. The van der Waals surface area contributed by atoms with Crippen molar-refractivity contribution in [2.75, 3.05) is 0 Å². The first-order valence-electron chi connectivity index (χ1n) is 5.72. The van der Waals surface area contributed by atoms with Crippen LogP contribution in [-0.2, 0) is 4.79 Å². The number of rotatable bonds is 4. The summed E-state index contributed by atoms with van der Waals surface area (Å²) in [5.41, 5.74) is 3.20. The fourth-order valence-electron chi connectivity index (χ4n) is 0.609. The summed E-state index contributed by atoms with van der Waals surface area (Å²) >= 11 is 0. The van der Waals surface area contributed by atoms with Crippen LogP contribution in [0.15, 0.2) is 0 Å². The van der Waals surface area contributed by atoms with Gasteiger partial charge in [-0.3, -0.25) is 4.79 Å². The summed E-state index contributed by atoms with van der Waals surface area (Å²) in [4.78, 5) is 10.1. The summed E-state index contributed by atoms with van der Waals surface area (Å²) in [6.07, 6.45) is 0.551. The highest BCUT2D eigenvalue weighted by Gasteiger charge is 2.31. The van der Waals surface area contributed by atoms with Crippen molar-refractivity contribution in [3.05, 3.63) is 0 Å².